The number of hydrogen-bond donors (Lipinski definition) is 0. The fourth-order valence-corrected chi connectivity index (χ4v) is 1.46. The lowest BCUT2D eigenvalue weighted by atomic mass is 10.2. The fourth-order valence-electron chi connectivity index (χ4n) is 1.46. The van der Waals surface area contributed by atoms with Gasteiger partial charge in [-0.15, -0.1) is 6.58 Å². The fraction of sp³-hybridized carbons (Fsp3) is 0.182. The van der Waals surface area contributed by atoms with E-state index in [1.165, 1.54) is 11.1 Å². The molecule has 2 heteroatoms. The predicted octanol–water partition coefficient (Wildman–Crippen LogP) is 2.53. The van der Waals surface area contributed by atoms with Gasteiger partial charge in [-0.25, -0.2) is 4.98 Å². The summed E-state index contributed by atoms with van der Waals surface area (Å²) in [5.74, 6) is 0. The summed E-state index contributed by atoms with van der Waals surface area (Å²) in [5, 5.41) is 0. The Morgan fingerprint density at radius 1 is 1.54 bits per heavy atom. The maximum Gasteiger partial charge on any atom is 0.0961 e. The first kappa shape index (κ1) is 8.05. The number of hydrogen-bond acceptors (Lipinski definition) is 1. The van der Waals surface area contributed by atoms with Crippen molar-refractivity contribution in [1.82, 2.24) is 9.55 Å². The molecule has 13 heavy (non-hydrogen) atoms. The van der Waals surface area contributed by atoms with Crippen molar-refractivity contribution in [2.75, 3.05) is 0 Å². The van der Waals surface area contributed by atoms with Crippen LogP contribution in [0.5, 0.6) is 0 Å². The third-order valence-corrected chi connectivity index (χ3v) is 2.10. The van der Waals surface area contributed by atoms with Crippen molar-refractivity contribution in [3.8, 4) is 0 Å². The summed E-state index contributed by atoms with van der Waals surface area (Å²) in [6.45, 7) is 6.61. The van der Waals surface area contributed by atoms with Crippen molar-refractivity contribution < 1.29 is 0 Å². The molecule has 2 nitrogen and oxygen atoms in total. The second-order valence-electron chi connectivity index (χ2n) is 3.18. The molecule has 0 saturated carbocycles. The van der Waals surface area contributed by atoms with Crippen molar-refractivity contribution in [2.45, 2.75) is 13.5 Å². The smallest absolute Gasteiger partial charge is 0.0961 e. The van der Waals surface area contributed by atoms with Crippen LogP contribution in [0.15, 0.2) is 37.2 Å². The molecule has 0 spiro atoms. The zero-order chi connectivity index (χ0) is 9.26. The van der Waals surface area contributed by atoms with Crippen LogP contribution in [0.4, 0.5) is 0 Å². The van der Waals surface area contributed by atoms with Crippen LogP contribution in [-0.2, 0) is 6.54 Å². The Labute approximate surface area is 77.5 Å². The lowest BCUT2D eigenvalue weighted by Gasteiger charge is -1.98. The van der Waals surface area contributed by atoms with Crippen LogP contribution >= 0.6 is 0 Å². The average molecular weight is 172 g/mol. The SMILES string of the molecule is C=CCn1cnc2cc(C)ccc21. The molecule has 0 N–H and O–H groups in total. The summed E-state index contributed by atoms with van der Waals surface area (Å²) in [4.78, 5) is 4.31. The summed E-state index contributed by atoms with van der Waals surface area (Å²) in [6.07, 6.45) is 3.73. The molecule has 0 saturated heterocycles. The Kier molecular flexibility index (Phi) is 1.89. The Morgan fingerprint density at radius 2 is 2.38 bits per heavy atom. The molecule has 1 aromatic heterocycles. The zero-order valence-corrected chi connectivity index (χ0v) is 7.70. The van der Waals surface area contributed by atoms with Gasteiger partial charge in [-0.1, -0.05) is 12.1 Å². The number of rotatable bonds is 2. The van der Waals surface area contributed by atoms with E-state index >= 15 is 0 Å². The maximum absolute atomic E-state index is 4.31. The van der Waals surface area contributed by atoms with Gasteiger partial charge in [-0.3, -0.25) is 0 Å². The largest absolute Gasteiger partial charge is 0.327 e. The minimum absolute atomic E-state index is 0.819. The van der Waals surface area contributed by atoms with Crippen LogP contribution in [0, 0.1) is 6.92 Å². The van der Waals surface area contributed by atoms with Gasteiger partial charge in [0.1, 0.15) is 0 Å². The molecule has 0 unspecified atom stereocenters. The normalized spacial score (nSPS) is 10.5. The molecule has 0 bridgehead atoms. The van der Waals surface area contributed by atoms with Gasteiger partial charge >= 0.3 is 0 Å². The Hall–Kier alpha value is -1.57. The van der Waals surface area contributed by atoms with Crippen LogP contribution in [0.25, 0.3) is 11.0 Å². The van der Waals surface area contributed by atoms with Gasteiger partial charge < -0.3 is 4.57 Å². The molecular formula is C11H12N2. The summed E-state index contributed by atoms with van der Waals surface area (Å²) in [5.41, 5.74) is 3.48. The van der Waals surface area contributed by atoms with Crippen LogP contribution < -0.4 is 0 Å². The molecule has 0 atom stereocenters. The molecular weight excluding hydrogens is 160 g/mol. The van der Waals surface area contributed by atoms with E-state index in [9.17, 15) is 0 Å². The van der Waals surface area contributed by atoms with Gasteiger partial charge in [0.25, 0.3) is 0 Å². The minimum Gasteiger partial charge on any atom is -0.327 e. The standard InChI is InChI=1S/C11H12N2/c1-3-6-13-8-12-10-7-9(2)4-5-11(10)13/h3-5,7-8H,1,6H2,2H3. The first-order valence-electron chi connectivity index (χ1n) is 4.33. The number of aromatic nitrogens is 2. The number of fused-ring (bicyclic) bond motifs is 1. The molecule has 0 radical (unpaired) electrons. The number of imidazole rings is 1. The van der Waals surface area contributed by atoms with E-state index in [0.29, 0.717) is 0 Å². The first-order valence-corrected chi connectivity index (χ1v) is 4.33. The van der Waals surface area contributed by atoms with Gasteiger partial charge in [0.05, 0.1) is 17.4 Å². The second kappa shape index (κ2) is 3.05. The maximum atomic E-state index is 4.31. The monoisotopic (exact) mass is 172 g/mol. The third kappa shape index (κ3) is 1.35. The minimum atomic E-state index is 0.819. The molecule has 0 fully saturated rings. The number of benzene rings is 1. The van der Waals surface area contributed by atoms with E-state index in [1.807, 2.05) is 12.4 Å². The number of aryl methyl sites for hydroxylation is 1. The molecule has 1 aromatic carbocycles. The van der Waals surface area contributed by atoms with E-state index in [-0.39, 0.29) is 0 Å². The van der Waals surface area contributed by atoms with E-state index in [2.05, 4.69) is 41.3 Å². The van der Waals surface area contributed by atoms with Gasteiger partial charge in [0, 0.05) is 6.54 Å². The predicted molar refractivity (Wildman–Crippen MR) is 54.7 cm³/mol. The average Bonchev–Trinajstić information content (AvgIpc) is 2.49. The van der Waals surface area contributed by atoms with Crippen molar-refractivity contribution in [3.05, 3.63) is 42.7 Å². The Balaban J connectivity index is 2.61. The van der Waals surface area contributed by atoms with Gasteiger partial charge in [-0.05, 0) is 24.6 Å². The Bertz CT molecular complexity index is 440. The van der Waals surface area contributed by atoms with Crippen LogP contribution in [0.1, 0.15) is 5.56 Å². The Morgan fingerprint density at radius 3 is 3.15 bits per heavy atom. The topological polar surface area (TPSA) is 17.8 Å². The van der Waals surface area contributed by atoms with Crippen molar-refractivity contribution in [2.24, 2.45) is 0 Å². The highest BCUT2D eigenvalue weighted by Crippen LogP contribution is 2.14. The summed E-state index contributed by atoms with van der Waals surface area (Å²) < 4.78 is 2.09. The molecule has 1 heterocycles. The highest BCUT2D eigenvalue weighted by molar-refractivity contribution is 5.76. The van der Waals surface area contributed by atoms with E-state index in [0.717, 1.165) is 12.1 Å². The van der Waals surface area contributed by atoms with Crippen molar-refractivity contribution in [1.29, 1.82) is 0 Å². The summed E-state index contributed by atoms with van der Waals surface area (Å²) in [6, 6.07) is 6.29. The highest BCUT2D eigenvalue weighted by Gasteiger charge is 1.99. The van der Waals surface area contributed by atoms with E-state index in [4.69, 9.17) is 0 Å². The van der Waals surface area contributed by atoms with Gasteiger partial charge in [0.15, 0.2) is 0 Å². The van der Waals surface area contributed by atoms with Crippen molar-refractivity contribution in [3.63, 3.8) is 0 Å². The zero-order valence-electron chi connectivity index (χ0n) is 7.70. The second-order valence-corrected chi connectivity index (χ2v) is 3.18. The lowest BCUT2D eigenvalue weighted by Crippen LogP contribution is -1.91. The molecule has 0 aliphatic rings. The summed E-state index contributed by atoms with van der Waals surface area (Å²) in [7, 11) is 0. The summed E-state index contributed by atoms with van der Waals surface area (Å²) >= 11 is 0. The number of nitrogens with zero attached hydrogens (tertiary/aromatic N) is 2. The quantitative estimate of drug-likeness (QED) is 0.636. The van der Waals surface area contributed by atoms with Crippen molar-refractivity contribution >= 4 is 11.0 Å². The molecule has 0 amide bonds. The van der Waals surface area contributed by atoms with E-state index < -0.39 is 0 Å². The highest BCUT2D eigenvalue weighted by atomic mass is 15.0. The number of allylic oxidation sites excluding steroid dienone is 1. The molecule has 2 aromatic rings. The molecule has 0 aliphatic carbocycles. The van der Waals surface area contributed by atoms with Gasteiger partial charge in [-0.2, -0.15) is 0 Å². The van der Waals surface area contributed by atoms with Crippen LogP contribution in [0.2, 0.25) is 0 Å². The van der Waals surface area contributed by atoms with Gasteiger partial charge in [0.2, 0.25) is 0 Å². The van der Waals surface area contributed by atoms with Crippen LogP contribution in [-0.4, -0.2) is 9.55 Å². The lowest BCUT2D eigenvalue weighted by molar-refractivity contribution is 0.851. The van der Waals surface area contributed by atoms with Crippen LogP contribution in [0.3, 0.4) is 0 Å². The third-order valence-electron chi connectivity index (χ3n) is 2.10. The molecule has 2 rings (SSSR count). The first-order chi connectivity index (χ1) is 6.31. The molecule has 0 aliphatic heterocycles. The molecule has 66 valence electrons. The van der Waals surface area contributed by atoms with E-state index in [1.54, 1.807) is 0 Å².